The summed E-state index contributed by atoms with van der Waals surface area (Å²) in [5, 5.41) is 13.6. The first-order chi connectivity index (χ1) is 24.6. The average Bonchev–Trinajstić information content (AvgIpc) is 3.74. The molecule has 1 aliphatic carbocycles. The van der Waals surface area contributed by atoms with Gasteiger partial charge in [-0.25, -0.2) is 9.59 Å². The molecule has 1 fully saturated rings. The maximum absolute atomic E-state index is 14.7. The normalized spacial score (nSPS) is 18.6. The molecule has 0 spiro atoms. The van der Waals surface area contributed by atoms with E-state index in [-0.39, 0.29) is 50.3 Å². The average molecular weight is 721 g/mol. The molecule has 0 bridgehead atoms. The van der Waals surface area contributed by atoms with Gasteiger partial charge in [-0.1, -0.05) is 65.0 Å². The number of ketones is 1. The Balaban J connectivity index is 1.92. The summed E-state index contributed by atoms with van der Waals surface area (Å²) < 4.78 is 5.35. The lowest BCUT2D eigenvalue weighted by atomic mass is 9.87. The van der Waals surface area contributed by atoms with Crippen molar-refractivity contribution in [2.45, 2.75) is 97.8 Å². The van der Waals surface area contributed by atoms with Crippen LogP contribution in [0.5, 0.6) is 0 Å². The first-order valence-electron chi connectivity index (χ1n) is 18.1. The van der Waals surface area contributed by atoms with Crippen molar-refractivity contribution in [1.29, 1.82) is 0 Å². The summed E-state index contributed by atoms with van der Waals surface area (Å²) in [6, 6.07) is 3.50. The van der Waals surface area contributed by atoms with Crippen LogP contribution in [-0.2, 0) is 36.8 Å². The fourth-order valence-electron chi connectivity index (χ4n) is 6.85. The molecule has 5 atom stereocenters. The van der Waals surface area contributed by atoms with Crippen LogP contribution in [0.25, 0.3) is 0 Å². The van der Waals surface area contributed by atoms with Gasteiger partial charge in [-0.2, -0.15) is 0 Å². The zero-order valence-corrected chi connectivity index (χ0v) is 31.4. The summed E-state index contributed by atoms with van der Waals surface area (Å²) in [6.45, 7) is 15.6. The van der Waals surface area contributed by atoms with Gasteiger partial charge in [-0.05, 0) is 66.9 Å². The fourth-order valence-corrected chi connectivity index (χ4v) is 6.85. The molecule has 6 amide bonds. The van der Waals surface area contributed by atoms with Crippen LogP contribution in [0.2, 0.25) is 0 Å². The van der Waals surface area contributed by atoms with Gasteiger partial charge in [0.15, 0.2) is 0 Å². The van der Waals surface area contributed by atoms with Gasteiger partial charge in [0.1, 0.15) is 18.7 Å². The second kappa shape index (κ2) is 19.1. The summed E-state index contributed by atoms with van der Waals surface area (Å²) in [5.74, 6) is -0.814. The number of amides is 6. The minimum Gasteiger partial charge on any atom is -0.447 e. The highest BCUT2D eigenvalue weighted by Gasteiger charge is 2.48. The van der Waals surface area contributed by atoms with Crippen molar-refractivity contribution >= 4 is 35.6 Å². The third-order valence-electron chi connectivity index (χ3n) is 9.85. The molecule has 2 aliphatic rings. The van der Waals surface area contributed by atoms with E-state index in [0.717, 1.165) is 11.1 Å². The molecule has 1 aliphatic heterocycles. The molecule has 1 heterocycles. The molecule has 1 aromatic carbocycles. The van der Waals surface area contributed by atoms with Crippen LogP contribution in [0.15, 0.2) is 36.9 Å². The number of alkyl carbamates (subject to hydrolysis) is 1. The van der Waals surface area contributed by atoms with Gasteiger partial charge in [0.05, 0.1) is 12.1 Å². The summed E-state index contributed by atoms with van der Waals surface area (Å²) in [4.78, 5) is 81.9. The summed E-state index contributed by atoms with van der Waals surface area (Å²) in [6.07, 6.45) is 8.08. The molecular formula is C39H56N6O7. The summed E-state index contributed by atoms with van der Waals surface area (Å²) >= 11 is 0. The largest absolute Gasteiger partial charge is 0.447 e. The van der Waals surface area contributed by atoms with Gasteiger partial charge in [0, 0.05) is 26.1 Å². The van der Waals surface area contributed by atoms with Crippen molar-refractivity contribution in [3.63, 3.8) is 0 Å². The fraction of sp³-hybridized carbons (Fsp3) is 0.590. The van der Waals surface area contributed by atoms with E-state index in [1.54, 1.807) is 6.92 Å². The number of nitrogens with zero attached hydrogens (tertiary/aromatic N) is 1. The van der Waals surface area contributed by atoms with E-state index in [9.17, 15) is 28.8 Å². The number of nitrogens with one attached hydrogen (secondary N) is 5. The number of benzene rings is 1. The Kier molecular flexibility index (Phi) is 15.3. The SMILES string of the molecule is C#CCCC(NC(=O)C1[C@@H](C(C)C)CCN1C(=O)[C@@H](NC(=O)N[C@H](COC(=O)NCC)C(C)(C)C)C1Cc2ccccc2C1)C(=O)C(=O)NCC=C. The van der Waals surface area contributed by atoms with Crippen LogP contribution in [0, 0.1) is 35.5 Å². The predicted molar refractivity (Wildman–Crippen MR) is 198 cm³/mol. The number of carbonyl (C=O) groups is 6. The highest BCUT2D eigenvalue weighted by molar-refractivity contribution is 6.38. The van der Waals surface area contributed by atoms with E-state index < -0.39 is 65.2 Å². The van der Waals surface area contributed by atoms with Crippen LogP contribution in [-0.4, -0.2) is 90.9 Å². The molecule has 0 radical (unpaired) electrons. The quantitative estimate of drug-likeness (QED) is 0.0992. The number of hydrogen-bond donors (Lipinski definition) is 5. The van der Waals surface area contributed by atoms with Crippen molar-refractivity contribution < 1.29 is 33.5 Å². The number of urea groups is 1. The van der Waals surface area contributed by atoms with Crippen molar-refractivity contribution in [3.05, 3.63) is 48.0 Å². The van der Waals surface area contributed by atoms with Gasteiger partial charge in [0.2, 0.25) is 17.6 Å². The number of carbonyl (C=O) groups excluding carboxylic acids is 6. The number of fused-ring (bicyclic) bond motifs is 1. The van der Waals surface area contributed by atoms with E-state index in [1.165, 1.54) is 11.0 Å². The van der Waals surface area contributed by atoms with Crippen molar-refractivity contribution in [2.75, 3.05) is 26.2 Å². The minimum absolute atomic E-state index is 0.00723. The third kappa shape index (κ3) is 11.1. The molecular weight excluding hydrogens is 664 g/mol. The summed E-state index contributed by atoms with van der Waals surface area (Å²) in [7, 11) is 0. The zero-order chi connectivity index (χ0) is 38.6. The van der Waals surface area contributed by atoms with E-state index in [2.05, 4.69) is 39.1 Å². The number of ether oxygens (including phenoxy) is 1. The number of hydrogen-bond acceptors (Lipinski definition) is 7. The lowest BCUT2D eigenvalue weighted by molar-refractivity contribution is -0.144. The van der Waals surface area contributed by atoms with Gasteiger partial charge in [0.25, 0.3) is 5.91 Å². The van der Waals surface area contributed by atoms with E-state index in [4.69, 9.17) is 11.2 Å². The number of terminal acetylenes is 1. The molecule has 52 heavy (non-hydrogen) atoms. The number of rotatable bonds is 16. The van der Waals surface area contributed by atoms with Gasteiger partial charge < -0.3 is 36.2 Å². The Morgan fingerprint density at radius 2 is 1.69 bits per heavy atom. The predicted octanol–water partition coefficient (Wildman–Crippen LogP) is 2.87. The van der Waals surface area contributed by atoms with Crippen LogP contribution < -0.4 is 26.6 Å². The lowest BCUT2D eigenvalue weighted by Gasteiger charge is -2.35. The lowest BCUT2D eigenvalue weighted by Crippen LogP contribution is -2.61. The second-order valence-corrected chi connectivity index (χ2v) is 14.9. The Hall–Kier alpha value is -4.86. The molecule has 2 unspecified atom stereocenters. The molecule has 5 N–H and O–H groups in total. The van der Waals surface area contributed by atoms with E-state index in [0.29, 0.717) is 25.8 Å². The Morgan fingerprint density at radius 3 is 2.25 bits per heavy atom. The second-order valence-electron chi connectivity index (χ2n) is 14.9. The van der Waals surface area contributed by atoms with Crippen LogP contribution >= 0.6 is 0 Å². The smallest absolute Gasteiger partial charge is 0.407 e. The first-order valence-corrected chi connectivity index (χ1v) is 18.1. The van der Waals surface area contributed by atoms with Crippen molar-refractivity contribution in [1.82, 2.24) is 31.5 Å². The Morgan fingerprint density at radius 1 is 1.04 bits per heavy atom. The zero-order valence-electron chi connectivity index (χ0n) is 31.4. The molecule has 1 saturated heterocycles. The Labute approximate surface area is 307 Å². The van der Waals surface area contributed by atoms with Gasteiger partial charge in [-0.15, -0.1) is 18.9 Å². The molecule has 284 valence electrons. The maximum atomic E-state index is 14.7. The van der Waals surface area contributed by atoms with Crippen LogP contribution in [0.1, 0.15) is 71.9 Å². The maximum Gasteiger partial charge on any atom is 0.407 e. The molecule has 0 saturated carbocycles. The van der Waals surface area contributed by atoms with Crippen LogP contribution in [0.4, 0.5) is 9.59 Å². The van der Waals surface area contributed by atoms with Gasteiger partial charge in [-0.3, -0.25) is 19.2 Å². The minimum atomic E-state index is -1.20. The molecule has 0 aromatic heterocycles. The highest BCUT2D eigenvalue weighted by atomic mass is 16.5. The summed E-state index contributed by atoms with van der Waals surface area (Å²) in [5.41, 5.74) is 1.65. The van der Waals surface area contributed by atoms with E-state index >= 15 is 0 Å². The number of likely N-dealkylation sites (tertiary alicyclic amines) is 1. The molecule has 1 aromatic rings. The highest BCUT2D eigenvalue weighted by Crippen LogP contribution is 2.35. The number of Topliss-reactive ketones (excluding diaryl/α,β-unsaturated/α-hetero) is 1. The standard InChI is InChI=1S/C39H56N6O7/c1-9-12-17-29(33(46)35(48)41-19-10-2)42-34(47)32-28(24(4)5)18-20-45(32)36(49)31(27-21-25-15-13-14-16-26(25)22-27)44-37(50)43-30(39(6,7)8)23-52-38(51)40-11-3/h1,10,13-16,24,27-32H,2,11-12,17-23H2,3-8H3,(H,40,51)(H,41,48)(H,42,47)(H2,43,44,50)/t28-,29?,30-,31+,32?/m1/s1. The first kappa shape index (κ1) is 41.6. The van der Waals surface area contributed by atoms with Crippen molar-refractivity contribution in [2.24, 2.45) is 23.2 Å². The van der Waals surface area contributed by atoms with E-state index in [1.807, 2.05) is 58.9 Å². The third-order valence-corrected chi connectivity index (χ3v) is 9.85. The van der Waals surface area contributed by atoms with Crippen LogP contribution in [0.3, 0.4) is 0 Å². The van der Waals surface area contributed by atoms with Gasteiger partial charge >= 0.3 is 12.1 Å². The monoisotopic (exact) mass is 720 g/mol. The molecule has 3 rings (SSSR count). The Bertz CT molecular complexity index is 1490. The topological polar surface area (TPSA) is 175 Å². The molecule has 13 heteroatoms. The van der Waals surface area contributed by atoms with Crippen molar-refractivity contribution in [3.8, 4) is 12.3 Å². The molecule has 13 nitrogen and oxygen atoms in total.